The van der Waals surface area contributed by atoms with Gasteiger partial charge in [-0.2, -0.15) is 13.2 Å². The van der Waals surface area contributed by atoms with Crippen LogP contribution in [0.25, 0.3) is 10.9 Å². The molecule has 2 aromatic carbocycles. The van der Waals surface area contributed by atoms with Crippen molar-refractivity contribution < 1.29 is 18.0 Å². The summed E-state index contributed by atoms with van der Waals surface area (Å²) in [6.07, 6.45) is 0.0229. The number of rotatable bonds is 8. The maximum absolute atomic E-state index is 12.9. The smallest absolute Gasteiger partial charge is 0.352 e. The van der Waals surface area contributed by atoms with Crippen molar-refractivity contribution in [3.05, 3.63) is 64.4 Å². The Morgan fingerprint density at radius 3 is 2.59 bits per heavy atom. The topological polar surface area (TPSA) is 58.1 Å². The Labute approximate surface area is 200 Å². The fraction of sp³-hybridized carbons (Fsp3) is 0.400. The molecule has 34 heavy (non-hydrogen) atoms. The molecular weight excluding hydrogens is 465 g/mol. The molecule has 0 bridgehead atoms. The zero-order valence-corrected chi connectivity index (χ0v) is 19.2. The van der Waals surface area contributed by atoms with Crippen LogP contribution in [0.3, 0.4) is 0 Å². The highest BCUT2D eigenvalue weighted by atomic mass is 35.5. The van der Waals surface area contributed by atoms with Crippen LogP contribution in [0.2, 0.25) is 5.02 Å². The van der Waals surface area contributed by atoms with Gasteiger partial charge >= 0.3 is 6.18 Å². The summed E-state index contributed by atoms with van der Waals surface area (Å²) in [5, 5.41) is 4.27. The molecule has 0 aliphatic heterocycles. The number of carbonyl (C=O) groups is 1. The number of fused-ring (bicyclic) bond motifs is 1. The van der Waals surface area contributed by atoms with Gasteiger partial charge in [-0.3, -0.25) is 4.79 Å². The van der Waals surface area contributed by atoms with Gasteiger partial charge in [-0.1, -0.05) is 23.7 Å². The molecule has 1 amide bonds. The van der Waals surface area contributed by atoms with Crippen molar-refractivity contribution in [2.45, 2.75) is 56.8 Å². The monoisotopic (exact) mass is 488 g/mol. The van der Waals surface area contributed by atoms with Gasteiger partial charge in [0.15, 0.2) is 0 Å². The predicted molar refractivity (Wildman–Crippen MR) is 125 cm³/mol. The van der Waals surface area contributed by atoms with Gasteiger partial charge in [-0.15, -0.1) is 0 Å². The molecule has 5 nitrogen and oxygen atoms in total. The van der Waals surface area contributed by atoms with Crippen LogP contribution >= 0.6 is 11.6 Å². The Hall–Kier alpha value is -2.87. The first-order chi connectivity index (χ1) is 16.3. The fourth-order valence-corrected chi connectivity index (χ4v) is 4.23. The van der Waals surface area contributed by atoms with Crippen molar-refractivity contribution in [2.75, 3.05) is 11.4 Å². The van der Waals surface area contributed by atoms with Crippen molar-refractivity contribution in [1.82, 2.24) is 15.3 Å². The first kappa shape index (κ1) is 22.9. The number of nitrogens with one attached hydrogen (secondary N) is 1. The molecule has 0 saturated heterocycles. The molecule has 2 aliphatic carbocycles. The summed E-state index contributed by atoms with van der Waals surface area (Å²) in [5.74, 6) is 1.81. The molecule has 3 aromatic rings. The van der Waals surface area contributed by atoms with Crippen molar-refractivity contribution in [2.24, 2.45) is 0 Å². The summed E-state index contributed by atoms with van der Waals surface area (Å²) in [6.45, 7) is 0.519. The van der Waals surface area contributed by atoms with Crippen LogP contribution in [0.1, 0.15) is 55.0 Å². The van der Waals surface area contributed by atoms with E-state index in [2.05, 4.69) is 10.2 Å². The highest BCUT2D eigenvalue weighted by Gasteiger charge is 2.34. The van der Waals surface area contributed by atoms with E-state index >= 15 is 0 Å². The quantitative estimate of drug-likeness (QED) is 0.432. The third-order valence-corrected chi connectivity index (χ3v) is 6.42. The normalized spacial score (nSPS) is 16.0. The lowest BCUT2D eigenvalue weighted by Gasteiger charge is -2.25. The first-order valence-corrected chi connectivity index (χ1v) is 11.8. The molecule has 1 N–H and O–H groups in total. The number of carbonyl (C=O) groups excluding carboxylic acids is 1. The Morgan fingerprint density at radius 1 is 1.09 bits per heavy atom. The second-order valence-electron chi connectivity index (χ2n) is 8.99. The minimum Gasteiger partial charge on any atom is -0.352 e. The van der Waals surface area contributed by atoms with Crippen LogP contribution in [0, 0.1) is 0 Å². The number of hydrogen-bond donors (Lipinski definition) is 1. The Kier molecular flexibility index (Phi) is 6.10. The maximum atomic E-state index is 12.9. The van der Waals surface area contributed by atoms with Crippen LogP contribution in [-0.2, 0) is 17.5 Å². The molecule has 5 rings (SSSR count). The van der Waals surface area contributed by atoms with Gasteiger partial charge < -0.3 is 10.2 Å². The number of alkyl halides is 3. The first-order valence-electron chi connectivity index (χ1n) is 11.4. The van der Waals surface area contributed by atoms with Crippen LogP contribution < -0.4 is 10.2 Å². The maximum Gasteiger partial charge on any atom is 0.416 e. The van der Waals surface area contributed by atoms with Crippen LogP contribution in [0.5, 0.6) is 0 Å². The van der Waals surface area contributed by atoms with Gasteiger partial charge in [0.1, 0.15) is 11.6 Å². The Bertz CT molecular complexity index is 1220. The highest BCUT2D eigenvalue weighted by molar-refractivity contribution is 6.31. The minimum atomic E-state index is -4.41. The van der Waals surface area contributed by atoms with E-state index < -0.39 is 11.7 Å². The molecule has 2 fully saturated rings. The lowest BCUT2D eigenvalue weighted by atomic mass is 10.1. The summed E-state index contributed by atoms with van der Waals surface area (Å²) in [5.41, 5.74) is 0.496. The highest BCUT2D eigenvalue weighted by Crippen LogP contribution is 2.41. The van der Waals surface area contributed by atoms with Crippen molar-refractivity contribution in [1.29, 1.82) is 0 Å². The van der Waals surface area contributed by atoms with Gasteiger partial charge in [0, 0.05) is 41.9 Å². The SMILES string of the molecule is O=C(CCN(c1nc(C2CC2)nc2cc(Cl)ccc12)C1CC1)NCc1cccc(C(F)(F)F)c1. The van der Waals surface area contributed by atoms with Crippen LogP contribution in [-0.4, -0.2) is 28.5 Å². The van der Waals surface area contributed by atoms with Gasteiger partial charge in [-0.05, 0) is 61.6 Å². The second-order valence-corrected chi connectivity index (χ2v) is 9.43. The molecule has 0 radical (unpaired) electrons. The summed E-state index contributed by atoms with van der Waals surface area (Å²) in [4.78, 5) is 24.3. The average molecular weight is 489 g/mol. The molecule has 178 valence electrons. The number of hydrogen-bond acceptors (Lipinski definition) is 4. The largest absolute Gasteiger partial charge is 0.416 e. The number of nitrogens with zero attached hydrogens (tertiary/aromatic N) is 3. The summed E-state index contributed by atoms with van der Waals surface area (Å²) in [7, 11) is 0. The predicted octanol–water partition coefficient (Wildman–Crippen LogP) is 5.85. The molecule has 2 aliphatic rings. The van der Waals surface area contributed by atoms with E-state index in [1.807, 2.05) is 18.2 Å². The summed E-state index contributed by atoms with van der Waals surface area (Å²) in [6, 6.07) is 10.9. The number of amides is 1. The third kappa shape index (κ3) is 5.27. The van der Waals surface area contributed by atoms with Crippen LogP contribution in [0.15, 0.2) is 42.5 Å². The van der Waals surface area contributed by atoms with Gasteiger partial charge in [0.2, 0.25) is 5.91 Å². The van der Waals surface area contributed by atoms with Gasteiger partial charge in [0.25, 0.3) is 0 Å². The standard InChI is InChI=1S/C25H24ClF3N4O/c26-18-6-9-20-21(13-18)31-23(16-4-5-16)32-24(20)33(19-7-8-19)11-10-22(34)30-14-15-2-1-3-17(12-15)25(27,28)29/h1-3,6,9,12-13,16,19H,4-5,7-8,10-11,14H2,(H,30,34). The van der Waals surface area contributed by atoms with Crippen molar-refractivity contribution in [3.8, 4) is 0 Å². The lowest BCUT2D eigenvalue weighted by Crippen LogP contribution is -2.33. The molecule has 1 heterocycles. The molecule has 0 spiro atoms. The number of halogens is 4. The number of aromatic nitrogens is 2. The molecule has 1 aromatic heterocycles. The second kappa shape index (κ2) is 9.06. The Balaban J connectivity index is 1.29. The average Bonchev–Trinajstić information content (AvgIpc) is 3.70. The molecule has 0 atom stereocenters. The summed E-state index contributed by atoms with van der Waals surface area (Å²) < 4.78 is 38.8. The van der Waals surface area contributed by atoms with Crippen molar-refractivity contribution >= 4 is 34.2 Å². The fourth-order valence-electron chi connectivity index (χ4n) is 4.06. The van der Waals surface area contributed by atoms with Gasteiger partial charge in [0.05, 0.1) is 11.1 Å². The van der Waals surface area contributed by atoms with Gasteiger partial charge in [-0.25, -0.2) is 9.97 Å². The van der Waals surface area contributed by atoms with E-state index in [4.69, 9.17) is 21.6 Å². The van der Waals surface area contributed by atoms with E-state index in [0.717, 1.165) is 60.4 Å². The third-order valence-electron chi connectivity index (χ3n) is 6.18. The zero-order valence-electron chi connectivity index (χ0n) is 18.4. The molecule has 0 unspecified atom stereocenters. The lowest BCUT2D eigenvalue weighted by molar-refractivity contribution is -0.137. The number of benzene rings is 2. The minimum absolute atomic E-state index is 0.0486. The van der Waals surface area contributed by atoms with E-state index in [1.165, 1.54) is 6.07 Å². The Morgan fingerprint density at radius 2 is 1.88 bits per heavy atom. The molecule has 2 saturated carbocycles. The van der Waals surface area contributed by atoms with Crippen LogP contribution in [0.4, 0.5) is 19.0 Å². The van der Waals surface area contributed by atoms with Crippen molar-refractivity contribution in [3.63, 3.8) is 0 Å². The molecular formula is C25H24ClF3N4O. The van der Waals surface area contributed by atoms with E-state index in [1.54, 1.807) is 6.07 Å². The zero-order chi connectivity index (χ0) is 23.9. The van der Waals surface area contributed by atoms with E-state index in [0.29, 0.717) is 29.1 Å². The number of anilines is 1. The molecule has 9 heteroatoms. The van der Waals surface area contributed by atoms with E-state index in [9.17, 15) is 18.0 Å². The summed E-state index contributed by atoms with van der Waals surface area (Å²) >= 11 is 6.21. The van der Waals surface area contributed by atoms with E-state index in [-0.39, 0.29) is 18.9 Å².